The number of likely N-dealkylation sites (N-methyl/N-ethyl adjacent to an activating group) is 1. The van der Waals surface area contributed by atoms with Crippen LogP contribution in [-0.4, -0.2) is 142 Å². The summed E-state index contributed by atoms with van der Waals surface area (Å²) in [5.41, 5.74) is 6.11. The number of Topliss-reactive ketones (excluding diaryl/α,β-unsaturated/α-hetero) is 1. The number of hydrogen-bond acceptors (Lipinski definition) is 16. The molecule has 17 nitrogen and oxygen atoms in total. The van der Waals surface area contributed by atoms with E-state index in [0.29, 0.717) is 41.3 Å². The number of carbonyl (C=O) groups excluding carboxylic acids is 3. The molecule has 0 spiro atoms. The molecular formula is C46H66N6O11. The van der Waals surface area contributed by atoms with Gasteiger partial charge in [0.2, 0.25) is 0 Å². The molecule has 63 heavy (non-hydrogen) atoms. The summed E-state index contributed by atoms with van der Waals surface area (Å²) in [7, 11) is 3.82. The van der Waals surface area contributed by atoms with Gasteiger partial charge < -0.3 is 49.0 Å². The van der Waals surface area contributed by atoms with Gasteiger partial charge >= 0.3 is 12.1 Å². The first-order valence-electron chi connectivity index (χ1n) is 22.4. The van der Waals surface area contributed by atoms with Gasteiger partial charge in [0.05, 0.1) is 78.4 Å². The Bertz CT molecular complexity index is 2020. The molecule has 2 aromatic heterocycles. The summed E-state index contributed by atoms with van der Waals surface area (Å²) in [5.74, 6) is -4.15. The number of nitrogens with two attached hydrogens (primary N) is 1. The Kier molecular flexibility index (Phi) is 13.9. The van der Waals surface area contributed by atoms with Gasteiger partial charge in [-0.3, -0.25) is 19.5 Å². The number of pyridine rings is 2. The molecule has 5 fully saturated rings. The molecule has 5 saturated heterocycles. The molecule has 0 radical (unpaired) electrons. The standard InChI is InChI=1S/C46H66N6O11/c1-11-35-46(8)40-26(4)37(53)24(2)19-45(7)41(62-43-38(54)34(51(9)10)18-25(3)60-43)27(5)39(28(6)42(55)61-35)57-21-29(22-58-45)33(20-52(40)44(56)63-46)50-59-23-30-14-12-16-32(49-30)36-31(47)15-13-17-48-36/h12-17,24-29,34-35,38-41,43,54H,11,18-23,47H2,1-10H3/b50-33-/t24-,25-,26+,27+,28-,29?,34+,35-,38-,39+,40+,41-,43+,45?,46?/m1/s1. The van der Waals surface area contributed by atoms with Gasteiger partial charge in [-0.25, -0.2) is 9.78 Å². The Morgan fingerprint density at radius 1 is 1.05 bits per heavy atom. The van der Waals surface area contributed by atoms with Crippen LogP contribution in [0.1, 0.15) is 80.3 Å². The lowest BCUT2D eigenvalue weighted by atomic mass is 9.73. The smallest absolute Gasteiger partial charge is 0.411 e. The van der Waals surface area contributed by atoms with E-state index in [1.807, 2.05) is 65.7 Å². The zero-order valence-electron chi connectivity index (χ0n) is 38.3. The fourth-order valence-corrected chi connectivity index (χ4v) is 10.7. The van der Waals surface area contributed by atoms with Crippen LogP contribution in [0.25, 0.3) is 11.4 Å². The largest absolute Gasteiger partial charge is 0.458 e. The molecule has 3 N–H and O–H groups in total. The van der Waals surface area contributed by atoms with Crippen LogP contribution in [0.3, 0.4) is 0 Å². The molecule has 2 aromatic rings. The highest BCUT2D eigenvalue weighted by Crippen LogP contribution is 2.45. The van der Waals surface area contributed by atoms with E-state index in [0.717, 1.165) is 0 Å². The van der Waals surface area contributed by atoms with Crippen LogP contribution >= 0.6 is 0 Å². The number of aliphatic hydroxyl groups excluding tert-OH is 1. The van der Waals surface area contributed by atoms with Gasteiger partial charge in [0.25, 0.3) is 0 Å². The highest BCUT2D eigenvalue weighted by Gasteiger charge is 2.61. The number of nitrogens with zero attached hydrogens (tertiary/aromatic N) is 5. The zero-order chi connectivity index (χ0) is 45.5. The van der Waals surface area contributed by atoms with E-state index in [4.69, 9.17) is 49.1 Å². The third-order valence-corrected chi connectivity index (χ3v) is 14.1. The Hall–Kier alpha value is -4.26. The Labute approximate surface area is 370 Å². The fourth-order valence-electron chi connectivity index (χ4n) is 10.7. The average Bonchev–Trinajstić information content (AvgIpc) is 3.52. The number of ketones is 1. The Morgan fingerprint density at radius 2 is 1.81 bits per heavy atom. The van der Waals surface area contributed by atoms with Crippen LogP contribution in [-0.2, 0) is 49.5 Å². The number of nitrogen functional groups attached to an aromatic ring is 1. The quantitative estimate of drug-likeness (QED) is 0.274. The second-order valence-electron chi connectivity index (χ2n) is 19.0. The summed E-state index contributed by atoms with van der Waals surface area (Å²) in [5, 5.41) is 16.5. The third kappa shape index (κ3) is 9.19. The van der Waals surface area contributed by atoms with Crippen molar-refractivity contribution >= 4 is 29.2 Å². The van der Waals surface area contributed by atoms with Crippen molar-refractivity contribution in [2.75, 3.05) is 39.6 Å². The SMILES string of the molecule is CC[C@H]1OC(=O)[C@H](C)[C@H]2OCC3COC(C)(C[C@@H](C)C(=O)[C@H](C)[C@@H]4N(C/C3=N/OCc3cccc(-c5ncccc5N)n3)C(=O)OC41C)[C@H](O[C@@H]1O[C@H](C)C[C@H](N(C)C)[C@H]1O)[C@H]2C. The first-order chi connectivity index (χ1) is 29.9. The number of amides is 1. The van der Waals surface area contributed by atoms with Crippen molar-refractivity contribution in [1.82, 2.24) is 19.8 Å². The molecule has 5 aliphatic heterocycles. The van der Waals surface area contributed by atoms with E-state index in [9.17, 15) is 19.5 Å². The number of hydrogen-bond donors (Lipinski definition) is 2. The molecule has 17 heteroatoms. The number of oxime groups is 1. The number of fused-ring (bicyclic) bond motifs is 5. The van der Waals surface area contributed by atoms with Gasteiger partial charge in [-0.2, -0.15) is 0 Å². The second kappa shape index (κ2) is 18.7. The maximum Gasteiger partial charge on any atom is 0.411 e. The minimum Gasteiger partial charge on any atom is -0.458 e. The minimum absolute atomic E-state index is 0.00713. The van der Waals surface area contributed by atoms with Crippen molar-refractivity contribution in [3.63, 3.8) is 0 Å². The van der Waals surface area contributed by atoms with Gasteiger partial charge in [0.15, 0.2) is 18.5 Å². The molecule has 5 aliphatic rings. The average molecular weight is 879 g/mol. The van der Waals surface area contributed by atoms with Crippen LogP contribution in [0, 0.1) is 29.6 Å². The molecule has 0 saturated carbocycles. The maximum absolute atomic E-state index is 14.9. The molecule has 6 bridgehead atoms. The molecule has 346 valence electrons. The molecule has 3 unspecified atom stereocenters. The van der Waals surface area contributed by atoms with Crippen molar-refractivity contribution in [3.8, 4) is 11.4 Å². The van der Waals surface area contributed by atoms with Crippen molar-refractivity contribution in [2.24, 2.45) is 34.7 Å². The number of aromatic nitrogens is 2. The van der Waals surface area contributed by atoms with Crippen LogP contribution in [0.2, 0.25) is 0 Å². The summed E-state index contributed by atoms with van der Waals surface area (Å²) in [6.07, 6.45) is -2.88. The lowest BCUT2D eigenvalue weighted by molar-refractivity contribution is -0.302. The summed E-state index contributed by atoms with van der Waals surface area (Å²) in [6, 6.07) is 7.83. The fraction of sp³-hybridized carbons (Fsp3) is 0.696. The van der Waals surface area contributed by atoms with Gasteiger partial charge in [-0.1, -0.05) is 38.9 Å². The topological polar surface area (TPSA) is 207 Å². The van der Waals surface area contributed by atoms with Crippen LogP contribution in [0.4, 0.5) is 10.5 Å². The number of esters is 1. The predicted molar refractivity (Wildman–Crippen MR) is 231 cm³/mol. The number of anilines is 1. The zero-order valence-corrected chi connectivity index (χ0v) is 38.3. The van der Waals surface area contributed by atoms with E-state index in [1.165, 1.54) is 4.90 Å². The van der Waals surface area contributed by atoms with E-state index < -0.39 is 89.6 Å². The maximum atomic E-state index is 14.9. The van der Waals surface area contributed by atoms with Crippen molar-refractivity contribution in [2.45, 2.75) is 141 Å². The molecule has 7 heterocycles. The van der Waals surface area contributed by atoms with Crippen molar-refractivity contribution in [3.05, 3.63) is 42.2 Å². The summed E-state index contributed by atoms with van der Waals surface area (Å²) >= 11 is 0. The minimum atomic E-state index is -1.42. The molecule has 1 amide bonds. The van der Waals surface area contributed by atoms with Gasteiger partial charge in [0.1, 0.15) is 23.7 Å². The Balaban J connectivity index is 1.35. The molecular weight excluding hydrogens is 813 g/mol. The highest BCUT2D eigenvalue weighted by molar-refractivity contribution is 5.92. The van der Waals surface area contributed by atoms with E-state index in [1.54, 1.807) is 45.2 Å². The highest BCUT2D eigenvalue weighted by atomic mass is 16.7. The summed E-state index contributed by atoms with van der Waals surface area (Å²) in [6.45, 7) is 14.7. The number of aliphatic hydroxyl groups is 1. The molecule has 0 aliphatic carbocycles. The van der Waals surface area contributed by atoms with E-state index in [-0.39, 0.29) is 50.7 Å². The van der Waals surface area contributed by atoms with Crippen LogP contribution in [0.5, 0.6) is 0 Å². The monoisotopic (exact) mass is 878 g/mol. The van der Waals surface area contributed by atoms with Gasteiger partial charge in [0, 0.05) is 35.9 Å². The van der Waals surface area contributed by atoms with E-state index in [2.05, 4.69) is 4.98 Å². The Morgan fingerprint density at radius 3 is 2.52 bits per heavy atom. The van der Waals surface area contributed by atoms with Gasteiger partial charge in [-0.05, 0) is 85.3 Å². The second-order valence-corrected chi connectivity index (χ2v) is 19.0. The third-order valence-electron chi connectivity index (χ3n) is 14.1. The van der Waals surface area contributed by atoms with Crippen molar-refractivity contribution < 1.29 is 52.7 Å². The number of rotatable bonds is 8. The first-order valence-corrected chi connectivity index (χ1v) is 22.4. The normalized spacial score (nSPS) is 39.6. The number of carbonyl (C=O) groups is 3. The van der Waals surface area contributed by atoms with Crippen LogP contribution in [0.15, 0.2) is 41.7 Å². The molecule has 15 atom stereocenters. The van der Waals surface area contributed by atoms with Crippen LogP contribution < -0.4 is 5.73 Å². The predicted octanol–water partition coefficient (Wildman–Crippen LogP) is 4.63. The molecule has 0 aromatic carbocycles. The van der Waals surface area contributed by atoms with Gasteiger partial charge in [-0.15, -0.1) is 0 Å². The summed E-state index contributed by atoms with van der Waals surface area (Å²) in [4.78, 5) is 62.4. The summed E-state index contributed by atoms with van der Waals surface area (Å²) < 4.78 is 39.9. The lowest BCUT2D eigenvalue weighted by Crippen LogP contribution is -2.61. The molecule has 7 rings (SSSR count). The number of cyclic esters (lactones) is 1. The first kappa shape index (κ1) is 46.7. The number of ether oxygens (including phenoxy) is 6. The lowest BCUT2D eigenvalue weighted by Gasteiger charge is -2.48. The van der Waals surface area contributed by atoms with Crippen molar-refractivity contribution in [1.29, 1.82) is 0 Å². The van der Waals surface area contributed by atoms with E-state index >= 15 is 0 Å².